The fourth-order valence-corrected chi connectivity index (χ4v) is 2.27. The molecule has 1 fully saturated rings. The van der Waals surface area contributed by atoms with Crippen molar-refractivity contribution in [2.24, 2.45) is 5.92 Å². The van der Waals surface area contributed by atoms with E-state index in [2.05, 4.69) is 23.9 Å². The van der Waals surface area contributed by atoms with Gasteiger partial charge in [-0.1, -0.05) is 6.92 Å². The van der Waals surface area contributed by atoms with Gasteiger partial charge >= 0.3 is 5.97 Å². The molecule has 2 unspecified atom stereocenters. The van der Waals surface area contributed by atoms with Crippen LogP contribution >= 0.6 is 0 Å². The van der Waals surface area contributed by atoms with Crippen LogP contribution < -0.4 is 0 Å². The van der Waals surface area contributed by atoms with Crippen LogP contribution in [0, 0.1) is 5.92 Å². The van der Waals surface area contributed by atoms with Gasteiger partial charge in [0, 0.05) is 25.6 Å². The van der Waals surface area contributed by atoms with Crippen LogP contribution in [0.5, 0.6) is 0 Å². The monoisotopic (exact) mass is 214 g/mol. The second-order valence-electron chi connectivity index (χ2n) is 4.85. The van der Waals surface area contributed by atoms with Crippen molar-refractivity contribution in [2.75, 3.05) is 33.7 Å². The van der Waals surface area contributed by atoms with E-state index in [0.717, 1.165) is 19.6 Å². The SMILES string of the molecule is CC(CC(=O)O)CN(C)C1CCN(C)C1. The standard InChI is InChI=1S/C11H22N2O2/c1-9(6-11(14)15)7-13(3)10-4-5-12(2)8-10/h9-10H,4-8H2,1-3H3,(H,14,15). The van der Waals surface area contributed by atoms with Gasteiger partial charge in [0.1, 0.15) is 0 Å². The lowest BCUT2D eigenvalue weighted by Gasteiger charge is -2.26. The normalized spacial score (nSPS) is 24.7. The van der Waals surface area contributed by atoms with Crippen molar-refractivity contribution in [1.82, 2.24) is 9.80 Å². The van der Waals surface area contributed by atoms with Gasteiger partial charge in [0.15, 0.2) is 0 Å². The van der Waals surface area contributed by atoms with Crippen molar-refractivity contribution >= 4 is 5.97 Å². The van der Waals surface area contributed by atoms with E-state index in [1.54, 1.807) is 0 Å². The van der Waals surface area contributed by atoms with Gasteiger partial charge in [-0.25, -0.2) is 0 Å². The molecule has 0 amide bonds. The Balaban J connectivity index is 2.28. The van der Waals surface area contributed by atoms with Crippen LogP contribution in [0.25, 0.3) is 0 Å². The van der Waals surface area contributed by atoms with Crippen molar-refractivity contribution in [3.8, 4) is 0 Å². The van der Waals surface area contributed by atoms with Crippen LogP contribution in [-0.4, -0.2) is 60.6 Å². The van der Waals surface area contributed by atoms with E-state index in [4.69, 9.17) is 5.11 Å². The summed E-state index contributed by atoms with van der Waals surface area (Å²) < 4.78 is 0. The lowest BCUT2D eigenvalue weighted by Crippen LogP contribution is -2.37. The van der Waals surface area contributed by atoms with Crippen LogP contribution in [-0.2, 0) is 4.79 Å². The Morgan fingerprint density at radius 2 is 2.33 bits per heavy atom. The summed E-state index contributed by atoms with van der Waals surface area (Å²) in [6.07, 6.45) is 1.47. The Morgan fingerprint density at radius 3 is 2.80 bits per heavy atom. The van der Waals surface area contributed by atoms with Crippen LogP contribution in [0.1, 0.15) is 19.8 Å². The third kappa shape index (κ3) is 4.18. The smallest absolute Gasteiger partial charge is 0.303 e. The van der Waals surface area contributed by atoms with Gasteiger partial charge in [0.05, 0.1) is 0 Å². The molecular weight excluding hydrogens is 192 g/mol. The highest BCUT2D eigenvalue weighted by Gasteiger charge is 2.24. The van der Waals surface area contributed by atoms with E-state index in [-0.39, 0.29) is 12.3 Å². The van der Waals surface area contributed by atoms with Gasteiger partial charge < -0.3 is 14.9 Å². The predicted octanol–water partition coefficient (Wildman–Crippen LogP) is 0.733. The topological polar surface area (TPSA) is 43.8 Å². The van der Waals surface area contributed by atoms with Gasteiger partial charge in [0.25, 0.3) is 0 Å². The summed E-state index contributed by atoms with van der Waals surface area (Å²) in [5, 5.41) is 8.68. The molecule has 0 spiro atoms. The summed E-state index contributed by atoms with van der Waals surface area (Å²) in [5.41, 5.74) is 0. The van der Waals surface area contributed by atoms with E-state index in [1.807, 2.05) is 6.92 Å². The molecule has 0 aromatic rings. The lowest BCUT2D eigenvalue weighted by molar-refractivity contribution is -0.138. The minimum absolute atomic E-state index is 0.235. The molecule has 1 aliphatic heterocycles. The molecule has 2 atom stereocenters. The Kier molecular flexibility index (Phi) is 4.54. The highest BCUT2D eigenvalue weighted by molar-refractivity contribution is 5.66. The van der Waals surface area contributed by atoms with Crippen molar-refractivity contribution in [1.29, 1.82) is 0 Å². The number of aliphatic carboxylic acids is 1. The summed E-state index contributed by atoms with van der Waals surface area (Å²) in [7, 11) is 4.23. The second-order valence-corrected chi connectivity index (χ2v) is 4.85. The average Bonchev–Trinajstić information content (AvgIpc) is 2.49. The maximum Gasteiger partial charge on any atom is 0.303 e. The molecule has 1 heterocycles. The first-order valence-electron chi connectivity index (χ1n) is 5.59. The largest absolute Gasteiger partial charge is 0.481 e. The molecule has 1 aliphatic rings. The van der Waals surface area contributed by atoms with Crippen molar-refractivity contribution in [2.45, 2.75) is 25.8 Å². The van der Waals surface area contributed by atoms with Crippen molar-refractivity contribution < 1.29 is 9.90 Å². The summed E-state index contributed by atoms with van der Waals surface area (Å²) in [6, 6.07) is 0.603. The number of hydrogen-bond donors (Lipinski definition) is 1. The fourth-order valence-electron chi connectivity index (χ4n) is 2.27. The summed E-state index contributed by atoms with van der Waals surface area (Å²) in [5.74, 6) is -0.460. The Labute approximate surface area is 91.9 Å². The van der Waals surface area contributed by atoms with E-state index in [1.165, 1.54) is 6.42 Å². The van der Waals surface area contributed by atoms with Gasteiger partial charge in [-0.05, 0) is 33.0 Å². The van der Waals surface area contributed by atoms with E-state index in [9.17, 15) is 4.79 Å². The van der Waals surface area contributed by atoms with E-state index < -0.39 is 5.97 Å². The van der Waals surface area contributed by atoms with Crippen molar-refractivity contribution in [3.05, 3.63) is 0 Å². The summed E-state index contributed by atoms with van der Waals surface area (Å²) >= 11 is 0. The second kappa shape index (κ2) is 5.47. The molecule has 4 nitrogen and oxygen atoms in total. The quantitative estimate of drug-likeness (QED) is 0.733. The van der Waals surface area contributed by atoms with Gasteiger partial charge in [-0.15, -0.1) is 0 Å². The molecule has 1 N–H and O–H groups in total. The molecule has 0 radical (unpaired) electrons. The van der Waals surface area contributed by atoms with Gasteiger partial charge in [-0.2, -0.15) is 0 Å². The third-order valence-electron chi connectivity index (χ3n) is 3.11. The van der Waals surface area contributed by atoms with Crippen LogP contribution in [0.4, 0.5) is 0 Å². The summed E-state index contributed by atoms with van der Waals surface area (Å²) in [6.45, 7) is 5.15. The Hall–Kier alpha value is -0.610. The zero-order chi connectivity index (χ0) is 11.4. The molecule has 0 aromatic carbocycles. The zero-order valence-corrected chi connectivity index (χ0v) is 9.94. The molecular formula is C11H22N2O2. The van der Waals surface area contributed by atoms with Crippen LogP contribution in [0.15, 0.2) is 0 Å². The Bertz CT molecular complexity index is 221. The van der Waals surface area contributed by atoms with E-state index in [0.29, 0.717) is 6.04 Å². The molecule has 0 aromatic heterocycles. The highest BCUT2D eigenvalue weighted by atomic mass is 16.4. The molecule has 1 saturated heterocycles. The summed E-state index contributed by atoms with van der Waals surface area (Å²) in [4.78, 5) is 15.2. The van der Waals surface area contributed by atoms with Crippen molar-refractivity contribution in [3.63, 3.8) is 0 Å². The third-order valence-corrected chi connectivity index (χ3v) is 3.11. The number of carboxylic acids is 1. The fraction of sp³-hybridized carbons (Fsp3) is 0.909. The number of likely N-dealkylation sites (N-methyl/N-ethyl adjacent to an activating group) is 2. The first-order valence-corrected chi connectivity index (χ1v) is 5.59. The number of rotatable bonds is 5. The van der Waals surface area contributed by atoms with Gasteiger partial charge in [-0.3, -0.25) is 4.79 Å². The number of likely N-dealkylation sites (tertiary alicyclic amines) is 1. The number of carbonyl (C=O) groups is 1. The maximum atomic E-state index is 10.5. The first kappa shape index (κ1) is 12.5. The number of hydrogen-bond acceptors (Lipinski definition) is 3. The van der Waals surface area contributed by atoms with Gasteiger partial charge in [0.2, 0.25) is 0 Å². The van der Waals surface area contributed by atoms with Crippen LogP contribution in [0.3, 0.4) is 0 Å². The molecule has 0 bridgehead atoms. The maximum absolute atomic E-state index is 10.5. The number of nitrogens with zero attached hydrogens (tertiary/aromatic N) is 2. The molecule has 88 valence electrons. The molecule has 4 heteroatoms. The average molecular weight is 214 g/mol. The molecule has 15 heavy (non-hydrogen) atoms. The number of carboxylic acid groups (broad SMARTS) is 1. The van der Waals surface area contributed by atoms with Crippen LogP contribution in [0.2, 0.25) is 0 Å². The lowest BCUT2D eigenvalue weighted by atomic mass is 10.1. The Morgan fingerprint density at radius 1 is 1.67 bits per heavy atom. The zero-order valence-electron chi connectivity index (χ0n) is 9.94. The minimum atomic E-state index is -0.695. The molecule has 0 saturated carbocycles. The predicted molar refractivity (Wildman–Crippen MR) is 59.9 cm³/mol. The highest BCUT2D eigenvalue weighted by Crippen LogP contribution is 2.14. The molecule has 1 rings (SSSR count). The van der Waals surface area contributed by atoms with E-state index >= 15 is 0 Å². The minimum Gasteiger partial charge on any atom is -0.481 e. The molecule has 0 aliphatic carbocycles. The first-order chi connectivity index (χ1) is 6.99.